The molecule has 2 aromatic carbocycles. The van der Waals surface area contributed by atoms with Gasteiger partial charge in [0.1, 0.15) is 28.0 Å². The average Bonchev–Trinajstić information content (AvgIpc) is 3.09. The largest absolute Gasteiger partial charge is 0.321 e. The second-order valence-electron chi connectivity index (χ2n) is 6.46. The molecule has 0 radical (unpaired) electrons. The summed E-state index contributed by atoms with van der Waals surface area (Å²) >= 11 is 1.35. The zero-order valence-corrected chi connectivity index (χ0v) is 17.0. The van der Waals surface area contributed by atoms with Crippen molar-refractivity contribution in [3.05, 3.63) is 77.2 Å². The monoisotopic (exact) mass is 425 g/mol. The van der Waals surface area contributed by atoms with Crippen LogP contribution in [0.2, 0.25) is 0 Å². The molecule has 152 valence electrons. The first-order chi connectivity index (χ1) is 14.5. The molecule has 1 amide bonds. The summed E-state index contributed by atoms with van der Waals surface area (Å²) in [7, 11) is 0. The van der Waals surface area contributed by atoms with Crippen molar-refractivity contribution in [2.24, 2.45) is 0 Å². The van der Waals surface area contributed by atoms with Crippen LogP contribution in [0, 0.1) is 18.6 Å². The number of benzene rings is 2. The summed E-state index contributed by atoms with van der Waals surface area (Å²) in [4.78, 5) is 22.0. The molecule has 0 fully saturated rings. The standard InChI is InChI=1S/C21H17F2N5OS/c1-3-13-11-18(28-21(25-13)24-12(2)27-28)30-17-10-5-4-9-16(17)26-20(29)19-14(22)7-6-8-15(19)23/h4-11H,3H2,1-2H3,(H,26,29). The number of anilines is 1. The Balaban J connectivity index is 1.70. The van der Waals surface area contributed by atoms with Gasteiger partial charge in [-0.3, -0.25) is 4.79 Å². The molecule has 1 N–H and O–H groups in total. The molecule has 4 aromatic rings. The Hall–Kier alpha value is -3.33. The highest BCUT2D eigenvalue weighted by molar-refractivity contribution is 7.99. The minimum atomic E-state index is -0.917. The first-order valence-corrected chi connectivity index (χ1v) is 10.0. The van der Waals surface area contributed by atoms with Crippen LogP contribution in [0.4, 0.5) is 14.5 Å². The van der Waals surface area contributed by atoms with Gasteiger partial charge in [-0.25, -0.2) is 13.8 Å². The first kappa shape index (κ1) is 20.0. The predicted molar refractivity (Wildman–Crippen MR) is 110 cm³/mol. The van der Waals surface area contributed by atoms with Gasteiger partial charge in [0.15, 0.2) is 0 Å². The van der Waals surface area contributed by atoms with Crippen LogP contribution < -0.4 is 5.32 Å². The molecule has 6 nitrogen and oxygen atoms in total. The van der Waals surface area contributed by atoms with Gasteiger partial charge in [-0.05, 0) is 43.7 Å². The molecule has 2 heterocycles. The lowest BCUT2D eigenvalue weighted by Crippen LogP contribution is -2.16. The van der Waals surface area contributed by atoms with Crippen LogP contribution in [0.15, 0.2) is 58.5 Å². The number of aromatic nitrogens is 4. The van der Waals surface area contributed by atoms with E-state index in [4.69, 9.17) is 0 Å². The Morgan fingerprint density at radius 1 is 1.10 bits per heavy atom. The minimum Gasteiger partial charge on any atom is -0.321 e. The summed E-state index contributed by atoms with van der Waals surface area (Å²) in [5, 5.41) is 7.75. The van der Waals surface area contributed by atoms with Crippen LogP contribution in [-0.4, -0.2) is 25.5 Å². The average molecular weight is 425 g/mol. The lowest BCUT2D eigenvalue weighted by Gasteiger charge is -2.12. The summed E-state index contributed by atoms with van der Waals surface area (Å²) in [6.45, 7) is 3.78. The van der Waals surface area contributed by atoms with Gasteiger partial charge in [-0.1, -0.05) is 36.9 Å². The lowest BCUT2D eigenvalue weighted by molar-refractivity contribution is 0.101. The molecule has 2 aromatic heterocycles. The van der Waals surface area contributed by atoms with Gasteiger partial charge >= 0.3 is 0 Å². The van der Waals surface area contributed by atoms with Crippen molar-refractivity contribution in [2.45, 2.75) is 30.2 Å². The number of para-hydroxylation sites is 1. The van der Waals surface area contributed by atoms with Gasteiger partial charge < -0.3 is 5.32 Å². The van der Waals surface area contributed by atoms with E-state index in [2.05, 4.69) is 20.4 Å². The predicted octanol–water partition coefficient (Wildman–Crippen LogP) is 4.68. The van der Waals surface area contributed by atoms with Crippen LogP contribution >= 0.6 is 11.8 Å². The molecule has 0 saturated heterocycles. The van der Waals surface area contributed by atoms with Gasteiger partial charge in [0.25, 0.3) is 11.7 Å². The van der Waals surface area contributed by atoms with E-state index in [1.54, 1.807) is 29.6 Å². The van der Waals surface area contributed by atoms with Gasteiger partial charge in [0.2, 0.25) is 0 Å². The maximum absolute atomic E-state index is 14.0. The first-order valence-electron chi connectivity index (χ1n) is 9.21. The van der Waals surface area contributed by atoms with E-state index < -0.39 is 23.1 Å². The maximum atomic E-state index is 14.0. The molecular formula is C21H17F2N5OS. The molecular weight excluding hydrogens is 408 g/mol. The Morgan fingerprint density at radius 3 is 2.57 bits per heavy atom. The summed E-state index contributed by atoms with van der Waals surface area (Å²) in [6.07, 6.45) is 0.723. The third-order valence-electron chi connectivity index (χ3n) is 4.34. The highest BCUT2D eigenvalue weighted by atomic mass is 32.2. The van der Waals surface area contributed by atoms with Gasteiger partial charge in [-0.15, -0.1) is 5.10 Å². The SMILES string of the molecule is CCc1cc(Sc2ccccc2NC(=O)c2c(F)cccc2F)n2nc(C)nc2n1. The number of hydrogen-bond donors (Lipinski definition) is 1. The molecule has 0 aliphatic heterocycles. The zero-order chi connectivity index (χ0) is 21.3. The number of nitrogens with zero attached hydrogens (tertiary/aromatic N) is 4. The number of halogens is 2. The molecule has 0 aliphatic rings. The van der Waals surface area contributed by atoms with E-state index in [9.17, 15) is 13.6 Å². The number of amides is 1. The molecule has 0 aliphatic carbocycles. The van der Waals surface area contributed by atoms with Crippen molar-refractivity contribution in [1.82, 2.24) is 19.6 Å². The van der Waals surface area contributed by atoms with Crippen LogP contribution in [-0.2, 0) is 6.42 Å². The molecule has 0 bridgehead atoms. The van der Waals surface area contributed by atoms with E-state index in [1.807, 2.05) is 19.1 Å². The smallest absolute Gasteiger partial charge is 0.261 e. The van der Waals surface area contributed by atoms with E-state index in [0.717, 1.165) is 29.3 Å². The summed E-state index contributed by atoms with van der Waals surface area (Å²) < 4.78 is 29.6. The second-order valence-corrected chi connectivity index (χ2v) is 7.52. The summed E-state index contributed by atoms with van der Waals surface area (Å²) in [5.74, 6) is -1.61. The van der Waals surface area contributed by atoms with Crippen molar-refractivity contribution in [3.63, 3.8) is 0 Å². The van der Waals surface area contributed by atoms with Gasteiger partial charge in [0.05, 0.1) is 5.69 Å². The van der Waals surface area contributed by atoms with Crippen LogP contribution in [0.3, 0.4) is 0 Å². The van der Waals surface area contributed by atoms with Crippen molar-refractivity contribution in [1.29, 1.82) is 0 Å². The molecule has 0 saturated carbocycles. The number of fused-ring (bicyclic) bond motifs is 1. The lowest BCUT2D eigenvalue weighted by atomic mass is 10.2. The van der Waals surface area contributed by atoms with E-state index in [-0.39, 0.29) is 0 Å². The third-order valence-corrected chi connectivity index (χ3v) is 5.42. The summed E-state index contributed by atoms with van der Waals surface area (Å²) in [5.41, 5.74) is 0.658. The van der Waals surface area contributed by atoms with Gasteiger partial charge in [0, 0.05) is 10.6 Å². The van der Waals surface area contributed by atoms with Crippen molar-refractivity contribution < 1.29 is 13.6 Å². The molecule has 4 rings (SSSR count). The fourth-order valence-corrected chi connectivity index (χ4v) is 3.92. The molecule has 30 heavy (non-hydrogen) atoms. The number of carbonyl (C=O) groups is 1. The Labute approximate surface area is 175 Å². The van der Waals surface area contributed by atoms with E-state index >= 15 is 0 Å². The highest BCUT2D eigenvalue weighted by Crippen LogP contribution is 2.34. The Morgan fingerprint density at radius 2 is 1.83 bits per heavy atom. The Bertz CT molecular complexity index is 1240. The van der Waals surface area contributed by atoms with Crippen LogP contribution in [0.5, 0.6) is 0 Å². The number of rotatable bonds is 5. The number of aryl methyl sites for hydroxylation is 2. The van der Waals surface area contributed by atoms with E-state index in [0.29, 0.717) is 22.2 Å². The second kappa shape index (κ2) is 8.19. The van der Waals surface area contributed by atoms with Gasteiger partial charge in [-0.2, -0.15) is 9.50 Å². The maximum Gasteiger partial charge on any atom is 0.261 e. The van der Waals surface area contributed by atoms with Crippen molar-refractivity contribution >= 4 is 29.1 Å². The molecule has 0 spiro atoms. The summed E-state index contributed by atoms with van der Waals surface area (Å²) in [6, 6.07) is 12.2. The fraction of sp³-hybridized carbons (Fsp3) is 0.143. The quantitative estimate of drug-likeness (QED) is 0.470. The molecule has 0 unspecified atom stereocenters. The van der Waals surface area contributed by atoms with Crippen molar-refractivity contribution in [2.75, 3.05) is 5.32 Å². The zero-order valence-electron chi connectivity index (χ0n) is 16.2. The van der Waals surface area contributed by atoms with Crippen LogP contribution in [0.1, 0.15) is 28.8 Å². The van der Waals surface area contributed by atoms with Crippen LogP contribution in [0.25, 0.3) is 5.78 Å². The topological polar surface area (TPSA) is 72.2 Å². The number of nitrogens with one attached hydrogen (secondary N) is 1. The number of hydrogen-bond acceptors (Lipinski definition) is 5. The fourth-order valence-electron chi connectivity index (χ4n) is 2.91. The number of carbonyl (C=O) groups excluding carboxylic acids is 1. The normalized spacial score (nSPS) is 11.1. The minimum absolute atomic E-state index is 0.426. The third kappa shape index (κ3) is 3.88. The molecule has 0 atom stereocenters. The van der Waals surface area contributed by atoms with Crippen molar-refractivity contribution in [3.8, 4) is 0 Å². The van der Waals surface area contributed by atoms with E-state index in [1.165, 1.54) is 17.8 Å². The highest BCUT2D eigenvalue weighted by Gasteiger charge is 2.19. The molecule has 9 heteroatoms. The Kier molecular flexibility index (Phi) is 5.45.